The van der Waals surface area contributed by atoms with Gasteiger partial charge in [0, 0.05) is 12.1 Å². The summed E-state index contributed by atoms with van der Waals surface area (Å²) in [7, 11) is 0. The third-order valence-electron chi connectivity index (χ3n) is 3.64. The van der Waals surface area contributed by atoms with Crippen molar-refractivity contribution in [1.82, 2.24) is 4.90 Å². The van der Waals surface area contributed by atoms with Gasteiger partial charge in [-0.3, -0.25) is 4.79 Å². The molecule has 1 amide bonds. The van der Waals surface area contributed by atoms with E-state index in [0.29, 0.717) is 24.4 Å². The zero-order valence-electron chi connectivity index (χ0n) is 12.0. The third kappa shape index (κ3) is 3.18. The quantitative estimate of drug-likeness (QED) is 0.918. The fraction of sp³-hybridized carbons (Fsp3) is 0.500. The van der Waals surface area contributed by atoms with E-state index in [0.717, 1.165) is 12.8 Å². The number of hydrogen-bond acceptors (Lipinski definition) is 2. The predicted octanol–water partition coefficient (Wildman–Crippen LogP) is 2.57. The van der Waals surface area contributed by atoms with Crippen LogP contribution >= 0.6 is 0 Å². The second-order valence-corrected chi connectivity index (χ2v) is 5.79. The van der Waals surface area contributed by atoms with Gasteiger partial charge in [-0.1, -0.05) is 26.0 Å². The van der Waals surface area contributed by atoms with E-state index in [9.17, 15) is 9.59 Å². The maximum atomic E-state index is 12.4. The first-order valence-electron chi connectivity index (χ1n) is 7.11. The van der Waals surface area contributed by atoms with E-state index in [1.165, 1.54) is 10.5 Å². The van der Waals surface area contributed by atoms with Gasteiger partial charge in [0.2, 0.25) is 0 Å². The van der Waals surface area contributed by atoms with Crippen molar-refractivity contribution in [3.63, 3.8) is 0 Å². The first-order chi connectivity index (χ1) is 9.49. The van der Waals surface area contributed by atoms with Crippen LogP contribution in [0.15, 0.2) is 24.3 Å². The highest BCUT2D eigenvalue weighted by molar-refractivity contribution is 5.97. The van der Waals surface area contributed by atoms with Gasteiger partial charge in [-0.15, -0.1) is 0 Å². The lowest BCUT2D eigenvalue weighted by atomic mass is 10.0. The first-order valence-corrected chi connectivity index (χ1v) is 7.11. The Hall–Kier alpha value is -1.84. The fourth-order valence-electron chi connectivity index (χ4n) is 2.69. The molecule has 1 fully saturated rings. The zero-order chi connectivity index (χ0) is 14.7. The lowest BCUT2D eigenvalue weighted by molar-refractivity contribution is -0.141. The van der Waals surface area contributed by atoms with Gasteiger partial charge < -0.3 is 10.0 Å². The number of carboxylic acids is 1. The molecule has 0 bridgehead atoms. The van der Waals surface area contributed by atoms with Crippen molar-refractivity contribution in [2.24, 2.45) is 5.92 Å². The average molecular weight is 275 g/mol. The van der Waals surface area contributed by atoms with E-state index in [-0.39, 0.29) is 5.91 Å². The van der Waals surface area contributed by atoms with Gasteiger partial charge in [0.15, 0.2) is 0 Å². The normalized spacial score (nSPS) is 18.6. The average Bonchev–Trinajstić information content (AvgIpc) is 2.87. The summed E-state index contributed by atoms with van der Waals surface area (Å²) in [6.07, 6.45) is 2.29. The minimum Gasteiger partial charge on any atom is -0.480 e. The highest BCUT2D eigenvalue weighted by Crippen LogP contribution is 2.21. The van der Waals surface area contributed by atoms with E-state index in [1.54, 1.807) is 12.1 Å². The van der Waals surface area contributed by atoms with Crippen LogP contribution in [0.2, 0.25) is 0 Å². The van der Waals surface area contributed by atoms with E-state index in [2.05, 4.69) is 13.8 Å². The number of hydrogen-bond donors (Lipinski definition) is 1. The molecule has 1 heterocycles. The molecule has 0 aromatic heterocycles. The molecule has 1 N–H and O–H groups in total. The van der Waals surface area contributed by atoms with Gasteiger partial charge in [-0.2, -0.15) is 0 Å². The highest BCUT2D eigenvalue weighted by Gasteiger charge is 2.34. The largest absolute Gasteiger partial charge is 0.480 e. The summed E-state index contributed by atoms with van der Waals surface area (Å²) in [6.45, 7) is 4.84. The maximum Gasteiger partial charge on any atom is 0.326 e. The zero-order valence-corrected chi connectivity index (χ0v) is 12.0. The molecule has 108 valence electrons. The van der Waals surface area contributed by atoms with Crippen molar-refractivity contribution in [3.8, 4) is 0 Å². The number of carboxylic acid groups (broad SMARTS) is 1. The van der Waals surface area contributed by atoms with E-state index < -0.39 is 12.0 Å². The number of nitrogens with zero attached hydrogens (tertiary/aromatic N) is 1. The summed E-state index contributed by atoms with van der Waals surface area (Å²) < 4.78 is 0. The molecule has 1 aromatic carbocycles. The SMILES string of the molecule is CC(C)Cc1ccc(C(=O)N2CCCC2C(=O)O)cc1. The lowest BCUT2D eigenvalue weighted by Crippen LogP contribution is -2.40. The topological polar surface area (TPSA) is 57.6 Å². The van der Waals surface area contributed by atoms with Crippen molar-refractivity contribution < 1.29 is 14.7 Å². The molecule has 1 aliphatic heterocycles. The Balaban J connectivity index is 2.11. The molecule has 0 aliphatic carbocycles. The standard InChI is InChI=1S/C16H21NO3/c1-11(2)10-12-5-7-13(8-6-12)15(18)17-9-3-4-14(17)16(19)20/h5-8,11,14H,3-4,9-10H2,1-2H3,(H,19,20). The summed E-state index contributed by atoms with van der Waals surface area (Å²) in [5.41, 5.74) is 1.78. The molecule has 4 nitrogen and oxygen atoms in total. The van der Waals surface area contributed by atoms with Crippen molar-refractivity contribution in [1.29, 1.82) is 0 Å². The number of carbonyl (C=O) groups excluding carboxylic acids is 1. The molecule has 4 heteroatoms. The van der Waals surface area contributed by atoms with Crippen molar-refractivity contribution in [2.75, 3.05) is 6.54 Å². The van der Waals surface area contributed by atoms with Crippen LogP contribution in [0.3, 0.4) is 0 Å². The van der Waals surface area contributed by atoms with Gasteiger partial charge in [-0.05, 0) is 42.9 Å². The second kappa shape index (κ2) is 6.07. The molecule has 1 atom stereocenters. The minimum absolute atomic E-state index is 0.175. The Morgan fingerprint density at radius 3 is 2.50 bits per heavy atom. The van der Waals surface area contributed by atoms with Crippen molar-refractivity contribution >= 4 is 11.9 Å². The third-order valence-corrected chi connectivity index (χ3v) is 3.64. The number of carbonyl (C=O) groups is 2. The number of likely N-dealkylation sites (tertiary alicyclic amines) is 1. The van der Waals surface area contributed by atoms with Gasteiger partial charge in [0.25, 0.3) is 5.91 Å². The Morgan fingerprint density at radius 2 is 1.95 bits per heavy atom. The summed E-state index contributed by atoms with van der Waals surface area (Å²) in [5, 5.41) is 9.13. The van der Waals surface area contributed by atoms with Crippen LogP contribution in [0.1, 0.15) is 42.6 Å². The molecule has 1 saturated heterocycles. The van der Waals surface area contributed by atoms with Crippen LogP contribution in [0.25, 0.3) is 0 Å². The molecule has 0 radical (unpaired) electrons. The molecule has 20 heavy (non-hydrogen) atoms. The van der Waals surface area contributed by atoms with E-state index in [4.69, 9.17) is 5.11 Å². The van der Waals surface area contributed by atoms with Crippen LogP contribution in [-0.2, 0) is 11.2 Å². The molecule has 0 spiro atoms. The molecular weight excluding hydrogens is 254 g/mol. The van der Waals surface area contributed by atoms with Crippen molar-refractivity contribution in [3.05, 3.63) is 35.4 Å². The number of amides is 1. The Morgan fingerprint density at radius 1 is 1.30 bits per heavy atom. The lowest BCUT2D eigenvalue weighted by Gasteiger charge is -2.21. The molecule has 2 rings (SSSR count). The van der Waals surface area contributed by atoms with Crippen LogP contribution in [0.5, 0.6) is 0 Å². The van der Waals surface area contributed by atoms with Crippen LogP contribution in [0, 0.1) is 5.92 Å². The highest BCUT2D eigenvalue weighted by atomic mass is 16.4. The van der Waals surface area contributed by atoms with Crippen molar-refractivity contribution in [2.45, 2.75) is 39.2 Å². The minimum atomic E-state index is -0.910. The summed E-state index contributed by atoms with van der Waals surface area (Å²) in [6, 6.07) is 6.85. The summed E-state index contributed by atoms with van der Waals surface area (Å²) >= 11 is 0. The van der Waals surface area contributed by atoms with Crippen LogP contribution < -0.4 is 0 Å². The molecule has 1 unspecified atom stereocenters. The summed E-state index contributed by atoms with van der Waals surface area (Å²) in [4.78, 5) is 25.0. The predicted molar refractivity (Wildman–Crippen MR) is 76.7 cm³/mol. The summed E-state index contributed by atoms with van der Waals surface area (Å²) in [5.74, 6) is -0.509. The molecular formula is C16H21NO3. The van der Waals surface area contributed by atoms with Crippen LogP contribution in [0.4, 0.5) is 0 Å². The molecule has 1 aromatic rings. The Bertz CT molecular complexity index is 493. The van der Waals surface area contributed by atoms with Gasteiger partial charge >= 0.3 is 5.97 Å². The second-order valence-electron chi connectivity index (χ2n) is 5.79. The maximum absolute atomic E-state index is 12.4. The van der Waals surface area contributed by atoms with E-state index >= 15 is 0 Å². The van der Waals surface area contributed by atoms with E-state index in [1.807, 2.05) is 12.1 Å². The molecule has 0 saturated carbocycles. The Labute approximate surface area is 119 Å². The molecule has 1 aliphatic rings. The number of benzene rings is 1. The number of aliphatic carboxylic acids is 1. The van der Waals surface area contributed by atoms with Crippen LogP contribution in [-0.4, -0.2) is 34.5 Å². The van der Waals surface area contributed by atoms with Gasteiger partial charge in [0.1, 0.15) is 6.04 Å². The monoisotopic (exact) mass is 275 g/mol. The smallest absolute Gasteiger partial charge is 0.326 e. The van der Waals surface area contributed by atoms with Gasteiger partial charge in [-0.25, -0.2) is 4.79 Å². The number of rotatable bonds is 4. The Kier molecular flexibility index (Phi) is 4.42. The first kappa shape index (κ1) is 14.6. The fourth-order valence-corrected chi connectivity index (χ4v) is 2.69. The van der Waals surface area contributed by atoms with Gasteiger partial charge in [0.05, 0.1) is 0 Å².